The molecule has 3 aromatic rings. The molecule has 5 nitrogen and oxygen atoms in total. The van der Waals surface area contributed by atoms with Crippen molar-refractivity contribution in [1.82, 2.24) is 10.3 Å². The smallest absolute Gasteiger partial charge is 0.258 e. The van der Waals surface area contributed by atoms with Crippen molar-refractivity contribution >= 4 is 50.3 Å². The zero-order valence-corrected chi connectivity index (χ0v) is 17.0. The Kier molecular flexibility index (Phi) is 6.13. The van der Waals surface area contributed by atoms with Crippen LogP contribution in [0.25, 0.3) is 10.2 Å². The molecule has 1 heterocycles. The molecule has 0 bridgehead atoms. The summed E-state index contributed by atoms with van der Waals surface area (Å²) in [6.45, 7) is 5.84. The van der Waals surface area contributed by atoms with Gasteiger partial charge in [0.15, 0.2) is 5.13 Å². The molecule has 0 saturated heterocycles. The van der Waals surface area contributed by atoms with Gasteiger partial charge >= 0.3 is 0 Å². The van der Waals surface area contributed by atoms with Crippen molar-refractivity contribution in [3.63, 3.8) is 0 Å². The summed E-state index contributed by atoms with van der Waals surface area (Å²) in [5, 5.41) is 6.31. The van der Waals surface area contributed by atoms with Crippen LogP contribution in [-0.2, 0) is 4.79 Å². The number of aromatic nitrogens is 1. The predicted molar refractivity (Wildman–Crippen MR) is 113 cm³/mol. The van der Waals surface area contributed by atoms with E-state index in [1.54, 1.807) is 6.07 Å². The molecule has 0 atom stereocenters. The van der Waals surface area contributed by atoms with Crippen molar-refractivity contribution in [3.05, 3.63) is 53.6 Å². The lowest BCUT2D eigenvalue weighted by Gasteiger charge is -2.10. The lowest BCUT2D eigenvalue weighted by Crippen LogP contribution is -2.31. The fraction of sp³-hybridized carbons (Fsp3) is 0.250. The van der Waals surface area contributed by atoms with Gasteiger partial charge in [0, 0.05) is 10.9 Å². The van der Waals surface area contributed by atoms with E-state index in [0.717, 1.165) is 20.7 Å². The number of aryl methyl sites for hydroxylation is 1. The highest BCUT2D eigenvalue weighted by Crippen LogP contribution is 2.29. The Hall–Kier alpha value is -2.38. The number of anilines is 1. The maximum atomic E-state index is 12.8. The summed E-state index contributed by atoms with van der Waals surface area (Å²) in [7, 11) is 0. The van der Waals surface area contributed by atoms with Crippen molar-refractivity contribution in [2.24, 2.45) is 0 Å². The van der Waals surface area contributed by atoms with E-state index in [2.05, 4.69) is 15.6 Å². The van der Waals surface area contributed by atoms with Gasteiger partial charge in [0.05, 0.1) is 21.5 Å². The first kappa shape index (κ1) is 19.4. The highest BCUT2D eigenvalue weighted by molar-refractivity contribution is 8.00. The van der Waals surface area contributed by atoms with Gasteiger partial charge in [0.25, 0.3) is 5.91 Å². The van der Waals surface area contributed by atoms with Gasteiger partial charge in [-0.15, -0.1) is 11.8 Å². The number of rotatable bonds is 6. The lowest BCUT2D eigenvalue weighted by atomic mass is 10.2. The highest BCUT2D eigenvalue weighted by Gasteiger charge is 2.15. The van der Waals surface area contributed by atoms with E-state index in [1.807, 2.05) is 57.2 Å². The van der Waals surface area contributed by atoms with Gasteiger partial charge in [-0.3, -0.25) is 14.9 Å². The molecule has 0 aliphatic heterocycles. The van der Waals surface area contributed by atoms with Crippen LogP contribution in [0.5, 0.6) is 0 Å². The third kappa shape index (κ3) is 4.87. The Balaban J connectivity index is 1.74. The van der Waals surface area contributed by atoms with Crippen LogP contribution in [0.15, 0.2) is 47.4 Å². The van der Waals surface area contributed by atoms with Gasteiger partial charge < -0.3 is 5.32 Å². The SMILES string of the molecule is Cc1cccc2sc(NC(=O)c3ccccc3SCC(=O)NC(C)C)nc12. The van der Waals surface area contributed by atoms with Crippen LogP contribution in [0.3, 0.4) is 0 Å². The van der Waals surface area contributed by atoms with Crippen molar-refractivity contribution in [2.75, 3.05) is 11.1 Å². The second-order valence-electron chi connectivity index (χ2n) is 6.40. The van der Waals surface area contributed by atoms with Gasteiger partial charge in [-0.2, -0.15) is 0 Å². The molecule has 7 heteroatoms. The second-order valence-corrected chi connectivity index (χ2v) is 8.45. The maximum Gasteiger partial charge on any atom is 0.258 e. The number of carbonyl (C=O) groups is 2. The van der Waals surface area contributed by atoms with Crippen LogP contribution in [0.2, 0.25) is 0 Å². The van der Waals surface area contributed by atoms with Crippen LogP contribution >= 0.6 is 23.1 Å². The van der Waals surface area contributed by atoms with Crippen LogP contribution in [0.4, 0.5) is 5.13 Å². The molecular formula is C20H21N3O2S2. The van der Waals surface area contributed by atoms with Gasteiger partial charge in [-0.1, -0.05) is 35.6 Å². The minimum Gasteiger partial charge on any atom is -0.353 e. The van der Waals surface area contributed by atoms with E-state index in [1.165, 1.54) is 23.1 Å². The zero-order chi connectivity index (χ0) is 19.4. The molecule has 2 N–H and O–H groups in total. The molecule has 3 rings (SSSR count). The van der Waals surface area contributed by atoms with E-state index in [0.29, 0.717) is 10.7 Å². The predicted octanol–water partition coefficient (Wildman–Crippen LogP) is 4.47. The monoisotopic (exact) mass is 399 g/mol. The first-order valence-corrected chi connectivity index (χ1v) is 10.4. The number of fused-ring (bicyclic) bond motifs is 1. The standard InChI is InChI=1S/C20H21N3O2S2/c1-12(2)21-17(24)11-26-15-9-5-4-8-14(15)19(25)23-20-22-18-13(3)7-6-10-16(18)27-20/h4-10,12H,11H2,1-3H3,(H,21,24)(H,22,23,25). The van der Waals surface area contributed by atoms with Crippen LogP contribution in [0, 0.1) is 6.92 Å². The average molecular weight is 400 g/mol. The first-order valence-electron chi connectivity index (χ1n) is 8.62. The molecule has 0 aliphatic carbocycles. The van der Waals surface area contributed by atoms with E-state index >= 15 is 0 Å². The van der Waals surface area contributed by atoms with E-state index < -0.39 is 0 Å². The quantitative estimate of drug-likeness (QED) is 0.600. The molecule has 0 aliphatic rings. The minimum atomic E-state index is -0.223. The zero-order valence-electron chi connectivity index (χ0n) is 15.4. The largest absolute Gasteiger partial charge is 0.353 e. The molecular weight excluding hydrogens is 378 g/mol. The molecule has 140 valence electrons. The first-order chi connectivity index (χ1) is 12.9. The molecule has 0 spiro atoms. The molecule has 2 aromatic carbocycles. The number of nitrogens with zero attached hydrogens (tertiary/aromatic N) is 1. The molecule has 0 unspecified atom stereocenters. The number of hydrogen-bond acceptors (Lipinski definition) is 5. The summed E-state index contributed by atoms with van der Waals surface area (Å²) in [6.07, 6.45) is 0. The molecule has 0 radical (unpaired) electrons. The normalized spacial score (nSPS) is 11.0. The topological polar surface area (TPSA) is 71.1 Å². The fourth-order valence-electron chi connectivity index (χ4n) is 2.59. The Morgan fingerprint density at radius 1 is 1.15 bits per heavy atom. The average Bonchev–Trinajstić information content (AvgIpc) is 3.03. The number of amides is 2. The van der Waals surface area contributed by atoms with E-state index in [9.17, 15) is 9.59 Å². The summed E-state index contributed by atoms with van der Waals surface area (Å²) in [4.78, 5) is 29.9. The molecule has 27 heavy (non-hydrogen) atoms. The summed E-state index contributed by atoms with van der Waals surface area (Å²) in [6, 6.07) is 13.4. The van der Waals surface area contributed by atoms with Crippen LogP contribution in [0.1, 0.15) is 29.8 Å². The Labute approximate surface area is 166 Å². The summed E-state index contributed by atoms with van der Waals surface area (Å²) >= 11 is 2.81. The molecule has 0 fully saturated rings. The van der Waals surface area contributed by atoms with E-state index in [-0.39, 0.29) is 23.6 Å². The van der Waals surface area contributed by atoms with Gasteiger partial charge in [0.1, 0.15) is 0 Å². The van der Waals surface area contributed by atoms with Crippen molar-refractivity contribution in [3.8, 4) is 0 Å². The number of thiazole rings is 1. The number of nitrogens with one attached hydrogen (secondary N) is 2. The van der Waals surface area contributed by atoms with Crippen LogP contribution in [-0.4, -0.2) is 28.6 Å². The van der Waals surface area contributed by atoms with Gasteiger partial charge in [0.2, 0.25) is 5.91 Å². The number of para-hydroxylation sites is 1. The maximum absolute atomic E-state index is 12.8. The number of thioether (sulfide) groups is 1. The second kappa shape index (κ2) is 8.54. The summed E-state index contributed by atoms with van der Waals surface area (Å²) in [5.41, 5.74) is 2.53. The molecule has 1 aromatic heterocycles. The van der Waals surface area contributed by atoms with Gasteiger partial charge in [-0.05, 0) is 44.5 Å². The summed E-state index contributed by atoms with van der Waals surface area (Å²) in [5.74, 6) is -0.00561. The summed E-state index contributed by atoms with van der Waals surface area (Å²) < 4.78 is 1.04. The van der Waals surface area contributed by atoms with Crippen molar-refractivity contribution in [2.45, 2.75) is 31.7 Å². The highest BCUT2D eigenvalue weighted by atomic mass is 32.2. The molecule has 0 saturated carbocycles. The van der Waals surface area contributed by atoms with Crippen molar-refractivity contribution < 1.29 is 9.59 Å². The molecule has 2 amide bonds. The van der Waals surface area contributed by atoms with E-state index in [4.69, 9.17) is 0 Å². The Morgan fingerprint density at radius 3 is 2.67 bits per heavy atom. The third-order valence-corrected chi connectivity index (χ3v) is 5.79. The Morgan fingerprint density at radius 2 is 1.93 bits per heavy atom. The fourth-order valence-corrected chi connectivity index (χ4v) is 4.39. The Bertz CT molecular complexity index is 982. The third-order valence-electron chi connectivity index (χ3n) is 3.78. The number of benzene rings is 2. The number of carbonyl (C=O) groups excluding carboxylic acids is 2. The van der Waals surface area contributed by atoms with Crippen LogP contribution < -0.4 is 10.6 Å². The number of hydrogen-bond donors (Lipinski definition) is 2. The van der Waals surface area contributed by atoms with Gasteiger partial charge in [-0.25, -0.2) is 4.98 Å². The minimum absolute atomic E-state index is 0.0492. The lowest BCUT2D eigenvalue weighted by molar-refractivity contribution is -0.119. The van der Waals surface area contributed by atoms with Crippen molar-refractivity contribution in [1.29, 1.82) is 0 Å².